The molecule has 0 bridgehead atoms. The summed E-state index contributed by atoms with van der Waals surface area (Å²) in [5.74, 6) is 0.568. The number of nitrogens with one attached hydrogen (secondary N) is 2. The fourth-order valence-corrected chi connectivity index (χ4v) is 2.56. The number of pyridine rings is 1. The zero-order valence-electron chi connectivity index (χ0n) is 10.7. The van der Waals surface area contributed by atoms with Crippen molar-refractivity contribution in [1.82, 2.24) is 15.6 Å². The Morgan fingerprint density at radius 1 is 1.24 bits per heavy atom. The number of rotatable bonds is 2. The summed E-state index contributed by atoms with van der Waals surface area (Å²) in [6, 6.07) is 2.13. The van der Waals surface area contributed by atoms with Gasteiger partial charge in [-0.05, 0) is 24.0 Å². The molecule has 1 saturated heterocycles. The number of halogens is 5. The third-order valence-corrected chi connectivity index (χ3v) is 3.71. The van der Waals surface area contributed by atoms with Crippen molar-refractivity contribution in [2.45, 2.75) is 12.2 Å². The number of amides is 1. The molecular weight excluding hydrogens is 330 g/mol. The minimum absolute atomic E-state index is 0. The van der Waals surface area contributed by atoms with E-state index in [4.69, 9.17) is 0 Å². The molecule has 1 aliphatic heterocycles. The largest absolute Gasteiger partial charge is 0.433 e. The first-order valence-electron chi connectivity index (χ1n) is 6.01. The molecule has 2 atom stereocenters. The van der Waals surface area contributed by atoms with Crippen LogP contribution in [-0.4, -0.2) is 30.0 Å². The Bertz CT molecular complexity index is 499. The monoisotopic (exact) mass is 343 g/mol. The van der Waals surface area contributed by atoms with Crippen molar-refractivity contribution in [2.75, 3.05) is 13.1 Å². The van der Waals surface area contributed by atoms with Crippen LogP contribution in [0.4, 0.5) is 13.2 Å². The maximum atomic E-state index is 12.3. The quantitative estimate of drug-likeness (QED) is 0.862. The van der Waals surface area contributed by atoms with Crippen molar-refractivity contribution in [3.05, 3.63) is 29.6 Å². The molecule has 9 heteroatoms. The number of aromatic nitrogens is 1. The molecule has 2 aliphatic rings. The number of hydrogen-bond acceptors (Lipinski definition) is 3. The smallest absolute Gasteiger partial charge is 0.349 e. The second kappa shape index (κ2) is 6.37. The van der Waals surface area contributed by atoms with Crippen LogP contribution in [0.2, 0.25) is 0 Å². The number of fused-ring (bicyclic) bond motifs is 1. The predicted molar refractivity (Wildman–Crippen MR) is 74.8 cm³/mol. The van der Waals surface area contributed by atoms with E-state index in [2.05, 4.69) is 15.6 Å². The van der Waals surface area contributed by atoms with Gasteiger partial charge in [0.05, 0.1) is 5.56 Å². The summed E-state index contributed by atoms with van der Waals surface area (Å²) in [6.07, 6.45) is -3.51. The zero-order valence-corrected chi connectivity index (χ0v) is 12.3. The molecule has 0 radical (unpaired) electrons. The van der Waals surface area contributed by atoms with Gasteiger partial charge in [-0.3, -0.25) is 9.78 Å². The molecule has 2 unspecified atom stereocenters. The van der Waals surface area contributed by atoms with Gasteiger partial charge in [-0.15, -0.1) is 24.8 Å². The third kappa shape index (κ3) is 3.59. The van der Waals surface area contributed by atoms with Crippen LogP contribution in [0.15, 0.2) is 18.3 Å². The molecule has 0 aromatic carbocycles. The average Bonchev–Trinajstić information content (AvgIpc) is 2.81. The summed E-state index contributed by atoms with van der Waals surface area (Å²) in [5, 5.41) is 6.03. The lowest BCUT2D eigenvalue weighted by Crippen LogP contribution is -2.32. The topological polar surface area (TPSA) is 54.0 Å². The highest BCUT2D eigenvalue weighted by atomic mass is 35.5. The van der Waals surface area contributed by atoms with E-state index in [1.54, 1.807) is 0 Å². The lowest BCUT2D eigenvalue weighted by atomic mass is 10.2. The first kappa shape index (κ1) is 18.0. The Morgan fingerprint density at radius 2 is 1.86 bits per heavy atom. The molecule has 1 aromatic heterocycles. The van der Waals surface area contributed by atoms with Crippen LogP contribution in [0.1, 0.15) is 16.1 Å². The summed E-state index contributed by atoms with van der Waals surface area (Å²) in [5.41, 5.74) is -0.831. The lowest BCUT2D eigenvalue weighted by molar-refractivity contribution is -0.141. The Kier molecular flexibility index (Phi) is 5.46. The Balaban J connectivity index is 0.00000110. The Morgan fingerprint density at radius 3 is 2.33 bits per heavy atom. The van der Waals surface area contributed by atoms with Crippen molar-refractivity contribution in [2.24, 2.45) is 11.8 Å². The van der Waals surface area contributed by atoms with E-state index in [9.17, 15) is 18.0 Å². The van der Waals surface area contributed by atoms with Gasteiger partial charge in [0.2, 0.25) is 0 Å². The molecule has 2 heterocycles. The SMILES string of the molecule is Cl.Cl.O=C(NC1C2CNCC21)c1ccc(C(F)(F)F)nc1. The molecule has 2 N–H and O–H groups in total. The van der Waals surface area contributed by atoms with Gasteiger partial charge in [-0.1, -0.05) is 0 Å². The van der Waals surface area contributed by atoms with Crippen LogP contribution in [0, 0.1) is 11.8 Å². The summed E-state index contributed by atoms with van der Waals surface area (Å²) in [6.45, 7) is 1.78. The third-order valence-electron chi connectivity index (χ3n) is 3.71. The van der Waals surface area contributed by atoms with Crippen LogP contribution in [0.25, 0.3) is 0 Å². The second-order valence-corrected chi connectivity index (χ2v) is 4.92. The van der Waals surface area contributed by atoms with Crippen molar-refractivity contribution in [1.29, 1.82) is 0 Å². The molecule has 1 aliphatic carbocycles. The molecule has 1 saturated carbocycles. The highest BCUT2D eigenvalue weighted by Crippen LogP contribution is 2.41. The van der Waals surface area contributed by atoms with Crippen molar-refractivity contribution in [3.8, 4) is 0 Å². The standard InChI is InChI=1S/C12H12F3N3O.2ClH/c13-12(14,15)9-2-1-6(3-17-9)11(19)18-10-7-4-16-5-8(7)10;;/h1-3,7-8,10,16H,4-5H2,(H,18,19);2*1H. The van der Waals surface area contributed by atoms with Gasteiger partial charge in [0.15, 0.2) is 0 Å². The summed E-state index contributed by atoms with van der Waals surface area (Å²) in [7, 11) is 0. The van der Waals surface area contributed by atoms with E-state index in [-0.39, 0.29) is 42.3 Å². The van der Waals surface area contributed by atoms with E-state index in [1.165, 1.54) is 0 Å². The van der Waals surface area contributed by atoms with Gasteiger partial charge in [-0.2, -0.15) is 13.2 Å². The van der Waals surface area contributed by atoms with Crippen LogP contribution in [0.3, 0.4) is 0 Å². The first-order chi connectivity index (χ1) is 8.97. The summed E-state index contributed by atoms with van der Waals surface area (Å²) >= 11 is 0. The van der Waals surface area contributed by atoms with Gasteiger partial charge in [0, 0.05) is 25.3 Å². The number of hydrogen-bond donors (Lipinski definition) is 2. The minimum Gasteiger partial charge on any atom is -0.349 e. The van der Waals surface area contributed by atoms with Gasteiger partial charge >= 0.3 is 6.18 Å². The number of carbonyl (C=O) groups excluding carboxylic acids is 1. The maximum absolute atomic E-state index is 12.3. The van der Waals surface area contributed by atoms with Crippen LogP contribution in [-0.2, 0) is 6.18 Å². The number of piperidine rings is 1. The van der Waals surface area contributed by atoms with E-state index >= 15 is 0 Å². The van der Waals surface area contributed by atoms with Crippen LogP contribution < -0.4 is 10.6 Å². The van der Waals surface area contributed by atoms with Crippen molar-refractivity contribution >= 4 is 30.7 Å². The summed E-state index contributed by atoms with van der Waals surface area (Å²) < 4.78 is 37.0. The molecule has 0 spiro atoms. The molecule has 1 amide bonds. The number of carbonyl (C=O) groups is 1. The fourth-order valence-electron chi connectivity index (χ4n) is 2.56. The molecule has 118 valence electrons. The second-order valence-electron chi connectivity index (χ2n) is 4.92. The van der Waals surface area contributed by atoms with E-state index < -0.39 is 11.9 Å². The molecule has 21 heavy (non-hydrogen) atoms. The van der Waals surface area contributed by atoms with E-state index in [0.717, 1.165) is 31.4 Å². The highest BCUT2D eigenvalue weighted by molar-refractivity contribution is 5.94. The summed E-state index contributed by atoms with van der Waals surface area (Å²) in [4.78, 5) is 15.1. The van der Waals surface area contributed by atoms with Gasteiger partial charge < -0.3 is 10.6 Å². The van der Waals surface area contributed by atoms with Gasteiger partial charge in [0.1, 0.15) is 5.69 Å². The normalized spacial score (nSPS) is 26.1. The van der Waals surface area contributed by atoms with E-state index in [0.29, 0.717) is 11.8 Å². The Labute approximate surface area is 131 Å². The minimum atomic E-state index is -4.48. The predicted octanol–water partition coefficient (Wildman–Crippen LogP) is 1.89. The molecular formula is C12H14Cl2F3N3O. The van der Waals surface area contributed by atoms with Gasteiger partial charge in [0.25, 0.3) is 5.91 Å². The molecule has 1 aromatic rings. The average molecular weight is 344 g/mol. The van der Waals surface area contributed by atoms with Crippen molar-refractivity contribution in [3.63, 3.8) is 0 Å². The van der Waals surface area contributed by atoms with Gasteiger partial charge in [-0.25, -0.2) is 0 Å². The zero-order chi connectivity index (χ0) is 13.6. The Hall–Kier alpha value is -1.05. The molecule has 3 rings (SSSR count). The van der Waals surface area contributed by atoms with E-state index in [1.807, 2.05) is 0 Å². The van der Waals surface area contributed by atoms with Crippen molar-refractivity contribution < 1.29 is 18.0 Å². The first-order valence-corrected chi connectivity index (χ1v) is 6.01. The molecule has 2 fully saturated rings. The van der Waals surface area contributed by atoms with Crippen LogP contribution in [0.5, 0.6) is 0 Å². The maximum Gasteiger partial charge on any atom is 0.433 e. The fraction of sp³-hybridized carbons (Fsp3) is 0.500. The lowest BCUT2D eigenvalue weighted by Gasteiger charge is -2.09. The number of alkyl halides is 3. The molecule has 4 nitrogen and oxygen atoms in total. The van der Waals surface area contributed by atoms with Crippen LogP contribution >= 0.6 is 24.8 Å². The highest BCUT2D eigenvalue weighted by Gasteiger charge is 2.53. The number of nitrogens with zero attached hydrogens (tertiary/aromatic N) is 1.